The monoisotopic (exact) mass is 279 g/mol. The van der Waals surface area contributed by atoms with E-state index in [1.807, 2.05) is 30.5 Å². The number of esters is 1. The minimum absolute atomic E-state index is 0.348. The highest BCUT2D eigenvalue weighted by atomic mass is 32.2. The maximum Gasteiger partial charge on any atom is 0.331 e. The number of amides is 1. The predicted molar refractivity (Wildman–Crippen MR) is 77.2 cm³/mol. The van der Waals surface area contributed by atoms with Crippen LogP contribution in [0.1, 0.15) is 13.8 Å². The Morgan fingerprint density at radius 3 is 2.68 bits per heavy atom. The van der Waals surface area contributed by atoms with Crippen LogP contribution in [0.25, 0.3) is 0 Å². The molecule has 1 aromatic carbocycles. The van der Waals surface area contributed by atoms with Gasteiger partial charge in [0.05, 0.1) is 5.69 Å². The molecule has 0 bridgehead atoms. The fraction of sp³-hybridized carbons (Fsp3) is 0.286. The van der Waals surface area contributed by atoms with Crippen molar-refractivity contribution in [1.82, 2.24) is 0 Å². The zero-order chi connectivity index (χ0) is 14.3. The minimum Gasteiger partial charge on any atom is -0.449 e. The Labute approximate surface area is 117 Å². The van der Waals surface area contributed by atoms with Crippen molar-refractivity contribution in [2.24, 2.45) is 0 Å². The van der Waals surface area contributed by atoms with Gasteiger partial charge in [0.1, 0.15) is 0 Å². The smallest absolute Gasteiger partial charge is 0.331 e. The van der Waals surface area contributed by atoms with E-state index >= 15 is 0 Å². The third-order valence-electron chi connectivity index (χ3n) is 2.33. The predicted octanol–water partition coefficient (Wildman–Crippen LogP) is 2.85. The molecule has 0 spiro atoms. The van der Waals surface area contributed by atoms with Crippen LogP contribution in [-0.2, 0) is 14.3 Å². The molecule has 0 saturated carbocycles. The molecule has 0 aliphatic rings. The number of ether oxygens (including phenoxy) is 1. The van der Waals surface area contributed by atoms with Crippen LogP contribution in [0.15, 0.2) is 41.3 Å². The number of hydrogen-bond acceptors (Lipinski definition) is 4. The van der Waals surface area contributed by atoms with Gasteiger partial charge in [0.25, 0.3) is 5.91 Å². The normalized spacial score (nSPS) is 12.2. The number of anilines is 1. The van der Waals surface area contributed by atoms with E-state index in [-0.39, 0.29) is 5.91 Å². The Balaban J connectivity index is 2.66. The van der Waals surface area contributed by atoms with Crippen molar-refractivity contribution in [2.75, 3.05) is 11.6 Å². The molecule has 1 aromatic rings. The Morgan fingerprint density at radius 1 is 1.37 bits per heavy atom. The first-order chi connectivity index (χ1) is 9.08. The van der Waals surface area contributed by atoms with Crippen LogP contribution in [0.5, 0.6) is 0 Å². The third-order valence-corrected chi connectivity index (χ3v) is 3.13. The van der Waals surface area contributed by atoms with Gasteiger partial charge in [0.2, 0.25) is 0 Å². The summed E-state index contributed by atoms with van der Waals surface area (Å²) in [6.07, 6.45) is 3.94. The van der Waals surface area contributed by atoms with Gasteiger partial charge in [-0.3, -0.25) is 4.79 Å². The molecule has 0 radical (unpaired) electrons. The Hall–Kier alpha value is -1.75. The standard InChI is InChI=1S/C14H17NO3S/c1-4-7-13(16)18-10(2)14(17)15-11-8-5-6-9-12(11)19-3/h4-10H,1-3H3,(H,15,17)/b7-4+. The van der Waals surface area contributed by atoms with E-state index < -0.39 is 12.1 Å². The number of nitrogens with one attached hydrogen (secondary N) is 1. The maximum absolute atomic E-state index is 11.9. The maximum atomic E-state index is 11.9. The zero-order valence-electron chi connectivity index (χ0n) is 11.2. The van der Waals surface area contributed by atoms with Crippen molar-refractivity contribution in [3.63, 3.8) is 0 Å². The first-order valence-electron chi connectivity index (χ1n) is 5.85. The third kappa shape index (κ3) is 4.79. The molecular weight excluding hydrogens is 262 g/mol. The molecule has 1 atom stereocenters. The van der Waals surface area contributed by atoms with Gasteiger partial charge in [-0.2, -0.15) is 0 Å². The molecule has 0 aliphatic heterocycles. The highest BCUT2D eigenvalue weighted by Crippen LogP contribution is 2.24. The summed E-state index contributed by atoms with van der Waals surface area (Å²) in [5.41, 5.74) is 0.717. The van der Waals surface area contributed by atoms with E-state index in [4.69, 9.17) is 4.74 Å². The average Bonchev–Trinajstić information content (AvgIpc) is 2.39. The van der Waals surface area contributed by atoms with Gasteiger partial charge in [-0.25, -0.2) is 4.79 Å². The van der Waals surface area contributed by atoms with Gasteiger partial charge < -0.3 is 10.1 Å². The summed E-state index contributed by atoms with van der Waals surface area (Å²) in [4.78, 5) is 24.1. The van der Waals surface area contributed by atoms with E-state index in [0.29, 0.717) is 5.69 Å². The van der Waals surface area contributed by atoms with Gasteiger partial charge >= 0.3 is 5.97 Å². The summed E-state index contributed by atoms with van der Waals surface area (Å²) in [5.74, 6) is -0.873. The van der Waals surface area contributed by atoms with Crippen molar-refractivity contribution in [3.8, 4) is 0 Å². The lowest BCUT2D eigenvalue weighted by molar-refractivity contribution is -0.148. The lowest BCUT2D eigenvalue weighted by atomic mass is 10.3. The van der Waals surface area contributed by atoms with Crippen molar-refractivity contribution in [1.29, 1.82) is 0 Å². The van der Waals surface area contributed by atoms with Gasteiger partial charge in [-0.05, 0) is 32.2 Å². The van der Waals surface area contributed by atoms with E-state index in [9.17, 15) is 9.59 Å². The summed E-state index contributed by atoms with van der Waals surface area (Å²) >= 11 is 1.54. The van der Waals surface area contributed by atoms with E-state index in [2.05, 4.69) is 5.32 Å². The quantitative estimate of drug-likeness (QED) is 0.511. The Kier molecular flexibility index (Phi) is 6.15. The van der Waals surface area contributed by atoms with Crippen LogP contribution < -0.4 is 5.32 Å². The molecule has 0 fully saturated rings. The molecule has 0 aromatic heterocycles. The number of hydrogen-bond donors (Lipinski definition) is 1. The van der Waals surface area contributed by atoms with Crippen LogP contribution >= 0.6 is 11.8 Å². The molecule has 102 valence electrons. The van der Waals surface area contributed by atoms with Crippen molar-refractivity contribution < 1.29 is 14.3 Å². The summed E-state index contributed by atoms with van der Waals surface area (Å²) < 4.78 is 4.95. The lowest BCUT2D eigenvalue weighted by Crippen LogP contribution is -2.29. The molecule has 1 N–H and O–H groups in total. The highest BCUT2D eigenvalue weighted by molar-refractivity contribution is 7.98. The molecule has 4 nitrogen and oxygen atoms in total. The average molecular weight is 279 g/mol. The van der Waals surface area contributed by atoms with Gasteiger partial charge in [-0.1, -0.05) is 18.2 Å². The second kappa shape index (κ2) is 7.63. The fourth-order valence-electron chi connectivity index (χ4n) is 1.39. The van der Waals surface area contributed by atoms with Gasteiger partial charge in [-0.15, -0.1) is 11.8 Å². The molecule has 0 saturated heterocycles. The molecule has 5 heteroatoms. The first kappa shape index (κ1) is 15.3. The molecule has 0 heterocycles. The first-order valence-corrected chi connectivity index (χ1v) is 7.08. The topological polar surface area (TPSA) is 55.4 Å². The van der Waals surface area contributed by atoms with Crippen LogP contribution in [0.3, 0.4) is 0 Å². The van der Waals surface area contributed by atoms with Crippen LogP contribution in [0.2, 0.25) is 0 Å². The van der Waals surface area contributed by atoms with E-state index in [0.717, 1.165) is 4.90 Å². The molecule has 19 heavy (non-hydrogen) atoms. The number of carbonyl (C=O) groups is 2. The Morgan fingerprint density at radius 2 is 2.05 bits per heavy atom. The lowest BCUT2D eigenvalue weighted by Gasteiger charge is -2.14. The van der Waals surface area contributed by atoms with Gasteiger partial charge in [0.15, 0.2) is 6.10 Å². The van der Waals surface area contributed by atoms with Crippen molar-refractivity contribution in [2.45, 2.75) is 24.8 Å². The molecule has 1 amide bonds. The second-order valence-electron chi connectivity index (χ2n) is 3.77. The molecular formula is C14H17NO3S. The largest absolute Gasteiger partial charge is 0.449 e. The summed E-state index contributed by atoms with van der Waals surface area (Å²) in [6, 6.07) is 7.46. The number of para-hydroxylation sites is 1. The van der Waals surface area contributed by atoms with E-state index in [1.54, 1.807) is 19.9 Å². The molecule has 0 aliphatic carbocycles. The van der Waals surface area contributed by atoms with Crippen molar-refractivity contribution in [3.05, 3.63) is 36.4 Å². The number of rotatable bonds is 5. The van der Waals surface area contributed by atoms with Gasteiger partial charge in [0, 0.05) is 11.0 Å². The van der Waals surface area contributed by atoms with Crippen LogP contribution in [0, 0.1) is 0 Å². The Bertz CT molecular complexity index is 485. The van der Waals surface area contributed by atoms with Crippen LogP contribution in [-0.4, -0.2) is 24.2 Å². The molecule has 1 unspecified atom stereocenters. The summed E-state index contributed by atoms with van der Waals surface area (Å²) in [7, 11) is 0. The zero-order valence-corrected chi connectivity index (χ0v) is 12.0. The second-order valence-corrected chi connectivity index (χ2v) is 4.62. The van der Waals surface area contributed by atoms with E-state index in [1.165, 1.54) is 17.8 Å². The highest BCUT2D eigenvalue weighted by Gasteiger charge is 2.17. The van der Waals surface area contributed by atoms with Crippen molar-refractivity contribution >= 4 is 29.3 Å². The number of thioether (sulfide) groups is 1. The summed E-state index contributed by atoms with van der Waals surface area (Å²) in [6.45, 7) is 3.25. The SMILES string of the molecule is C/C=C/C(=O)OC(C)C(=O)Nc1ccccc1SC. The minimum atomic E-state index is -0.835. The number of benzene rings is 1. The van der Waals surface area contributed by atoms with Crippen LogP contribution in [0.4, 0.5) is 5.69 Å². The molecule has 1 rings (SSSR count). The number of carbonyl (C=O) groups excluding carboxylic acids is 2. The number of allylic oxidation sites excluding steroid dienone is 1. The summed E-state index contributed by atoms with van der Waals surface area (Å²) in [5, 5.41) is 2.75. The fourth-order valence-corrected chi connectivity index (χ4v) is 1.94.